The molecule has 0 aliphatic rings. The van der Waals surface area contributed by atoms with E-state index < -0.39 is 5.54 Å². The van der Waals surface area contributed by atoms with Gasteiger partial charge in [-0.1, -0.05) is 35.3 Å². The smallest absolute Gasteiger partial charge is 0.307 e. The third-order valence-corrected chi connectivity index (χ3v) is 3.13. The number of hydrogen-bond donors (Lipinski definition) is 1. The monoisotopic (exact) mass is 261 g/mol. The quantitative estimate of drug-likeness (QED) is 0.852. The van der Waals surface area contributed by atoms with E-state index in [1.807, 2.05) is 0 Å². The molecular formula is C11H13Cl2NO2. The van der Waals surface area contributed by atoms with Crippen molar-refractivity contribution in [3.63, 3.8) is 0 Å². The molecule has 16 heavy (non-hydrogen) atoms. The number of nitrogens with two attached hydrogens (primary N) is 1. The molecule has 0 unspecified atom stereocenters. The van der Waals surface area contributed by atoms with E-state index in [1.54, 1.807) is 25.1 Å². The summed E-state index contributed by atoms with van der Waals surface area (Å²) >= 11 is 11.9. The van der Waals surface area contributed by atoms with Crippen molar-refractivity contribution in [2.24, 2.45) is 5.73 Å². The fourth-order valence-corrected chi connectivity index (χ4v) is 1.93. The zero-order chi connectivity index (χ0) is 12.3. The van der Waals surface area contributed by atoms with Crippen LogP contribution in [0.25, 0.3) is 0 Å². The largest absolute Gasteiger partial charge is 0.469 e. The SMILES string of the molecule is COC(=O)C[C@@](C)(N)c1cccc(Cl)c1Cl. The number of carbonyl (C=O) groups excluding carboxylic acids is 1. The van der Waals surface area contributed by atoms with Crippen LogP contribution in [0.3, 0.4) is 0 Å². The van der Waals surface area contributed by atoms with Crippen molar-refractivity contribution in [1.82, 2.24) is 0 Å². The van der Waals surface area contributed by atoms with Crippen LogP contribution in [0.5, 0.6) is 0 Å². The van der Waals surface area contributed by atoms with E-state index in [0.717, 1.165) is 0 Å². The molecular weight excluding hydrogens is 249 g/mol. The van der Waals surface area contributed by atoms with Crippen molar-refractivity contribution in [3.8, 4) is 0 Å². The molecule has 1 aromatic rings. The van der Waals surface area contributed by atoms with Gasteiger partial charge < -0.3 is 10.5 Å². The van der Waals surface area contributed by atoms with E-state index in [-0.39, 0.29) is 12.4 Å². The number of hydrogen-bond acceptors (Lipinski definition) is 3. The van der Waals surface area contributed by atoms with Crippen LogP contribution in [0.4, 0.5) is 0 Å². The standard InChI is InChI=1S/C11H13Cl2NO2/c1-11(14,6-9(15)16-2)7-4-3-5-8(12)10(7)13/h3-5H,6,14H2,1-2H3/t11-/m1/s1. The van der Waals surface area contributed by atoms with Crippen LogP contribution in [0.1, 0.15) is 18.9 Å². The maximum atomic E-state index is 11.2. The summed E-state index contributed by atoms with van der Waals surface area (Å²) in [4.78, 5) is 11.2. The van der Waals surface area contributed by atoms with Crippen molar-refractivity contribution in [2.75, 3.05) is 7.11 Å². The van der Waals surface area contributed by atoms with Gasteiger partial charge in [-0.05, 0) is 18.6 Å². The summed E-state index contributed by atoms with van der Waals surface area (Å²) < 4.78 is 4.58. The topological polar surface area (TPSA) is 52.3 Å². The van der Waals surface area contributed by atoms with E-state index in [4.69, 9.17) is 28.9 Å². The highest BCUT2D eigenvalue weighted by molar-refractivity contribution is 6.42. The summed E-state index contributed by atoms with van der Waals surface area (Å²) in [5, 5.41) is 0.791. The summed E-state index contributed by atoms with van der Waals surface area (Å²) in [5.41, 5.74) is 5.78. The molecule has 1 rings (SSSR count). The van der Waals surface area contributed by atoms with E-state index in [9.17, 15) is 4.79 Å². The second kappa shape index (κ2) is 5.04. The van der Waals surface area contributed by atoms with Crippen LogP contribution >= 0.6 is 23.2 Å². The van der Waals surface area contributed by atoms with Crippen LogP contribution in [0.15, 0.2) is 18.2 Å². The minimum absolute atomic E-state index is 0.0452. The molecule has 1 aromatic carbocycles. The predicted octanol–water partition coefficient (Wildman–Crippen LogP) is 2.73. The summed E-state index contributed by atoms with van der Waals surface area (Å²) in [6, 6.07) is 5.16. The Bertz CT molecular complexity index is 405. The molecule has 0 heterocycles. The van der Waals surface area contributed by atoms with Crippen molar-refractivity contribution in [1.29, 1.82) is 0 Å². The van der Waals surface area contributed by atoms with Crippen LogP contribution in [0.2, 0.25) is 10.0 Å². The molecule has 0 saturated carbocycles. The molecule has 0 saturated heterocycles. The van der Waals surface area contributed by atoms with Gasteiger partial charge in [-0.3, -0.25) is 4.79 Å². The molecule has 0 radical (unpaired) electrons. The maximum Gasteiger partial charge on any atom is 0.307 e. The van der Waals surface area contributed by atoms with Gasteiger partial charge in [0.25, 0.3) is 0 Å². The average Bonchev–Trinajstić information content (AvgIpc) is 2.21. The van der Waals surface area contributed by atoms with Gasteiger partial charge >= 0.3 is 5.97 Å². The minimum Gasteiger partial charge on any atom is -0.469 e. The molecule has 0 amide bonds. The first-order valence-electron chi connectivity index (χ1n) is 4.68. The second-order valence-corrected chi connectivity index (χ2v) is 4.56. The molecule has 3 nitrogen and oxygen atoms in total. The van der Waals surface area contributed by atoms with Crippen molar-refractivity contribution < 1.29 is 9.53 Å². The normalized spacial score (nSPS) is 14.3. The van der Waals surface area contributed by atoms with E-state index in [2.05, 4.69) is 4.74 Å². The lowest BCUT2D eigenvalue weighted by atomic mass is 9.90. The Kier molecular flexibility index (Phi) is 4.19. The van der Waals surface area contributed by atoms with Crippen LogP contribution in [0, 0.1) is 0 Å². The molecule has 0 aromatic heterocycles. The Balaban J connectivity index is 3.06. The highest BCUT2D eigenvalue weighted by Gasteiger charge is 2.28. The molecule has 5 heteroatoms. The lowest BCUT2D eigenvalue weighted by Gasteiger charge is -2.25. The number of esters is 1. The van der Waals surface area contributed by atoms with Crippen molar-refractivity contribution >= 4 is 29.2 Å². The Hall–Kier alpha value is -0.770. The minimum atomic E-state index is -0.894. The van der Waals surface area contributed by atoms with E-state index in [1.165, 1.54) is 7.11 Å². The summed E-state index contributed by atoms with van der Waals surface area (Å²) in [6.45, 7) is 1.71. The third-order valence-electron chi connectivity index (χ3n) is 2.31. The predicted molar refractivity (Wildman–Crippen MR) is 64.6 cm³/mol. The summed E-state index contributed by atoms with van der Waals surface area (Å²) in [7, 11) is 1.32. The fourth-order valence-electron chi connectivity index (χ4n) is 1.41. The molecule has 0 aliphatic carbocycles. The molecule has 0 bridgehead atoms. The number of benzene rings is 1. The van der Waals surface area contributed by atoms with Crippen molar-refractivity contribution in [3.05, 3.63) is 33.8 Å². The number of halogens is 2. The first kappa shape index (κ1) is 13.3. The number of methoxy groups -OCH3 is 1. The van der Waals surface area contributed by atoms with Crippen LogP contribution < -0.4 is 5.73 Å². The molecule has 0 spiro atoms. The van der Waals surface area contributed by atoms with E-state index >= 15 is 0 Å². The van der Waals surface area contributed by atoms with Gasteiger partial charge in [0.2, 0.25) is 0 Å². The molecule has 1 atom stereocenters. The highest BCUT2D eigenvalue weighted by Crippen LogP contribution is 2.33. The molecule has 0 aliphatic heterocycles. The number of carbonyl (C=O) groups is 1. The third kappa shape index (κ3) is 2.88. The maximum absolute atomic E-state index is 11.2. The molecule has 0 fully saturated rings. The zero-order valence-corrected chi connectivity index (χ0v) is 10.6. The Morgan fingerprint density at radius 3 is 2.69 bits per heavy atom. The van der Waals surface area contributed by atoms with Gasteiger partial charge in [-0.15, -0.1) is 0 Å². The Morgan fingerprint density at radius 1 is 1.50 bits per heavy atom. The highest BCUT2D eigenvalue weighted by atomic mass is 35.5. The van der Waals surface area contributed by atoms with Gasteiger partial charge in [0, 0.05) is 0 Å². The first-order valence-corrected chi connectivity index (χ1v) is 5.44. The average molecular weight is 262 g/mol. The van der Waals surface area contributed by atoms with Gasteiger partial charge in [0.1, 0.15) is 0 Å². The van der Waals surface area contributed by atoms with Gasteiger partial charge in [-0.2, -0.15) is 0 Å². The fraction of sp³-hybridized carbons (Fsp3) is 0.364. The van der Waals surface area contributed by atoms with Gasteiger partial charge in [0.15, 0.2) is 0 Å². The first-order chi connectivity index (χ1) is 7.38. The van der Waals surface area contributed by atoms with Gasteiger partial charge in [0.05, 0.1) is 29.1 Å². The second-order valence-electron chi connectivity index (χ2n) is 3.77. The van der Waals surface area contributed by atoms with Gasteiger partial charge in [-0.25, -0.2) is 0 Å². The molecule has 88 valence electrons. The summed E-state index contributed by atoms with van der Waals surface area (Å²) in [5.74, 6) is -0.388. The Labute approximate surface area is 104 Å². The zero-order valence-electron chi connectivity index (χ0n) is 9.09. The van der Waals surface area contributed by atoms with E-state index in [0.29, 0.717) is 15.6 Å². The number of rotatable bonds is 3. The summed E-state index contributed by atoms with van der Waals surface area (Å²) in [6.07, 6.45) is 0.0452. The lowest BCUT2D eigenvalue weighted by molar-refractivity contribution is -0.141. The molecule has 2 N–H and O–H groups in total. The number of ether oxygens (including phenoxy) is 1. The Morgan fingerprint density at radius 2 is 2.12 bits per heavy atom. The van der Waals surface area contributed by atoms with Crippen LogP contribution in [-0.2, 0) is 15.1 Å². The van der Waals surface area contributed by atoms with Crippen molar-refractivity contribution in [2.45, 2.75) is 18.9 Å². The van der Waals surface area contributed by atoms with Crippen LogP contribution in [-0.4, -0.2) is 13.1 Å². The lowest BCUT2D eigenvalue weighted by Crippen LogP contribution is -2.36.